The van der Waals surface area contributed by atoms with Crippen LogP contribution in [0.4, 0.5) is 0 Å². The van der Waals surface area contributed by atoms with Gasteiger partial charge in [-0.1, -0.05) is 57.8 Å². The molecule has 1 aromatic rings. The zero-order chi connectivity index (χ0) is 13.9. The predicted octanol–water partition coefficient (Wildman–Crippen LogP) is 3.52. The van der Waals surface area contributed by atoms with Gasteiger partial charge < -0.3 is 9.94 Å². The lowest BCUT2D eigenvalue weighted by Crippen LogP contribution is -2.17. The fraction of sp³-hybridized carbons (Fsp3) is 0.429. The molecule has 0 aliphatic rings. The molecule has 1 aromatic carbocycles. The molecule has 0 aliphatic heterocycles. The lowest BCUT2D eigenvalue weighted by molar-refractivity contribution is -0.137. The first-order valence-corrected chi connectivity index (χ1v) is 7.38. The highest BCUT2D eigenvalue weighted by molar-refractivity contribution is 9.09. The number of alkyl halides is 1. The zero-order valence-electron chi connectivity index (χ0n) is 10.7. The van der Waals surface area contributed by atoms with Gasteiger partial charge in [-0.2, -0.15) is 0 Å². The highest BCUT2D eigenvalue weighted by Crippen LogP contribution is 2.06. The minimum atomic E-state index is -0.551. The van der Waals surface area contributed by atoms with Gasteiger partial charge in [0.05, 0.1) is 0 Å². The largest absolute Gasteiger partial charge is 0.456 e. The highest BCUT2D eigenvalue weighted by atomic mass is 79.9. The summed E-state index contributed by atoms with van der Waals surface area (Å²) in [5.41, 5.74) is 0.998. The molecule has 0 unspecified atom stereocenters. The third-order valence-corrected chi connectivity index (χ3v) is 3.18. The van der Waals surface area contributed by atoms with E-state index in [2.05, 4.69) is 21.1 Å². The lowest BCUT2D eigenvalue weighted by Gasteiger charge is -2.06. The Morgan fingerprint density at radius 3 is 2.58 bits per heavy atom. The van der Waals surface area contributed by atoms with Gasteiger partial charge in [0.25, 0.3) is 0 Å². The number of carbonyl (C=O) groups excluding carboxylic acids is 1. The fourth-order valence-electron chi connectivity index (χ4n) is 1.56. The highest BCUT2D eigenvalue weighted by Gasteiger charge is 2.13. The predicted molar refractivity (Wildman–Crippen MR) is 77.7 cm³/mol. The number of ether oxygens (including phenoxy) is 1. The van der Waals surface area contributed by atoms with E-state index in [9.17, 15) is 4.79 Å². The summed E-state index contributed by atoms with van der Waals surface area (Å²) in [6.07, 6.45) is 3.27. The minimum Gasteiger partial charge on any atom is -0.456 e. The van der Waals surface area contributed by atoms with E-state index in [-0.39, 0.29) is 12.3 Å². The van der Waals surface area contributed by atoms with Crippen molar-refractivity contribution in [2.24, 2.45) is 5.16 Å². The van der Waals surface area contributed by atoms with E-state index in [0.717, 1.165) is 30.2 Å². The average Bonchev–Trinajstić information content (AvgIpc) is 2.46. The number of carbonyl (C=O) groups is 1. The van der Waals surface area contributed by atoms with Crippen molar-refractivity contribution in [3.8, 4) is 0 Å². The molecule has 0 saturated heterocycles. The summed E-state index contributed by atoms with van der Waals surface area (Å²) in [6, 6.07) is 9.41. The molecule has 0 amide bonds. The Kier molecular flexibility index (Phi) is 7.89. The Balaban J connectivity index is 2.34. The van der Waals surface area contributed by atoms with Crippen LogP contribution in [0.2, 0.25) is 0 Å². The molecule has 0 aromatic heterocycles. The zero-order valence-corrected chi connectivity index (χ0v) is 12.3. The van der Waals surface area contributed by atoms with Crippen LogP contribution in [-0.4, -0.2) is 22.2 Å². The van der Waals surface area contributed by atoms with Crippen molar-refractivity contribution in [3.05, 3.63) is 35.9 Å². The van der Waals surface area contributed by atoms with Crippen molar-refractivity contribution in [2.75, 3.05) is 5.33 Å². The topological polar surface area (TPSA) is 58.9 Å². The molecule has 0 saturated carbocycles. The Labute approximate surface area is 121 Å². The number of halogens is 1. The number of hydrogen-bond acceptors (Lipinski definition) is 4. The van der Waals surface area contributed by atoms with Crippen molar-refractivity contribution >= 4 is 27.6 Å². The summed E-state index contributed by atoms with van der Waals surface area (Å²) in [6.45, 7) is 0.195. The average molecular weight is 328 g/mol. The second-order valence-corrected chi connectivity index (χ2v) is 4.90. The van der Waals surface area contributed by atoms with Crippen molar-refractivity contribution in [3.63, 3.8) is 0 Å². The number of esters is 1. The molecule has 4 nitrogen and oxygen atoms in total. The number of unbranched alkanes of at least 4 members (excludes halogenated alkanes) is 2. The number of oxime groups is 1. The maximum atomic E-state index is 11.7. The van der Waals surface area contributed by atoms with Crippen molar-refractivity contribution < 1.29 is 14.7 Å². The van der Waals surface area contributed by atoms with Crippen LogP contribution in [0.3, 0.4) is 0 Å². The second kappa shape index (κ2) is 9.55. The number of benzene rings is 1. The first-order chi connectivity index (χ1) is 9.27. The van der Waals surface area contributed by atoms with Gasteiger partial charge in [0, 0.05) is 11.8 Å². The quantitative estimate of drug-likeness (QED) is 0.198. The molecule has 0 aliphatic carbocycles. The van der Waals surface area contributed by atoms with Crippen LogP contribution in [0, 0.1) is 0 Å². The van der Waals surface area contributed by atoms with Gasteiger partial charge in [-0.25, -0.2) is 4.79 Å². The van der Waals surface area contributed by atoms with Gasteiger partial charge in [0.2, 0.25) is 0 Å². The van der Waals surface area contributed by atoms with Gasteiger partial charge in [-0.3, -0.25) is 0 Å². The monoisotopic (exact) mass is 327 g/mol. The molecule has 1 rings (SSSR count). The molecule has 0 spiro atoms. The SMILES string of the molecule is O=C(OCc1ccccc1)C(CCCCCBr)=NO. The molecular formula is C14H18BrNO3. The van der Waals surface area contributed by atoms with Gasteiger partial charge in [-0.05, 0) is 18.4 Å². The maximum Gasteiger partial charge on any atom is 0.356 e. The van der Waals surface area contributed by atoms with Crippen molar-refractivity contribution in [2.45, 2.75) is 32.3 Å². The van der Waals surface area contributed by atoms with Gasteiger partial charge in [-0.15, -0.1) is 0 Å². The summed E-state index contributed by atoms with van der Waals surface area (Å²) >= 11 is 3.34. The van der Waals surface area contributed by atoms with Crippen molar-refractivity contribution in [1.82, 2.24) is 0 Å². The number of nitrogens with zero attached hydrogens (tertiary/aromatic N) is 1. The molecule has 0 heterocycles. The Morgan fingerprint density at radius 1 is 1.21 bits per heavy atom. The summed E-state index contributed by atoms with van der Waals surface area (Å²) < 4.78 is 5.10. The van der Waals surface area contributed by atoms with E-state index in [0.29, 0.717) is 6.42 Å². The molecule has 104 valence electrons. The molecule has 1 N–H and O–H groups in total. The fourth-order valence-corrected chi connectivity index (χ4v) is 1.96. The summed E-state index contributed by atoms with van der Waals surface area (Å²) in [7, 11) is 0. The molecule has 0 radical (unpaired) electrons. The summed E-state index contributed by atoms with van der Waals surface area (Å²) in [4.78, 5) is 11.7. The van der Waals surface area contributed by atoms with Crippen LogP contribution in [0.25, 0.3) is 0 Å². The second-order valence-electron chi connectivity index (χ2n) is 4.11. The van der Waals surface area contributed by atoms with Crippen LogP contribution in [0.5, 0.6) is 0 Å². The normalized spacial score (nSPS) is 11.3. The van der Waals surface area contributed by atoms with Crippen LogP contribution >= 0.6 is 15.9 Å². The minimum absolute atomic E-state index is 0.0884. The van der Waals surface area contributed by atoms with E-state index in [1.165, 1.54) is 0 Å². The lowest BCUT2D eigenvalue weighted by atomic mass is 10.1. The number of hydrogen-bond donors (Lipinski definition) is 1. The smallest absolute Gasteiger partial charge is 0.356 e. The van der Waals surface area contributed by atoms with Gasteiger partial charge in [0.1, 0.15) is 6.61 Å². The maximum absolute atomic E-state index is 11.7. The van der Waals surface area contributed by atoms with E-state index in [1.807, 2.05) is 30.3 Å². The van der Waals surface area contributed by atoms with Crippen LogP contribution in [0.1, 0.15) is 31.2 Å². The molecule has 0 fully saturated rings. The number of rotatable bonds is 8. The van der Waals surface area contributed by atoms with Crippen molar-refractivity contribution in [1.29, 1.82) is 0 Å². The van der Waals surface area contributed by atoms with E-state index in [4.69, 9.17) is 9.94 Å². The van der Waals surface area contributed by atoms with Gasteiger partial charge in [0.15, 0.2) is 5.71 Å². The van der Waals surface area contributed by atoms with Crippen LogP contribution in [0.15, 0.2) is 35.5 Å². The summed E-state index contributed by atoms with van der Waals surface area (Å²) in [5.74, 6) is -0.551. The first kappa shape index (κ1) is 15.7. The molecule has 19 heavy (non-hydrogen) atoms. The van der Waals surface area contributed by atoms with E-state index < -0.39 is 5.97 Å². The third kappa shape index (κ3) is 6.38. The van der Waals surface area contributed by atoms with E-state index >= 15 is 0 Å². The third-order valence-electron chi connectivity index (χ3n) is 2.62. The van der Waals surface area contributed by atoms with Crippen LogP contribution in [-0.2, 0) is 16.1 Å². The summed E-state index contributed by atoms with van der Waals surface area (Å²) in [5, 5.41) is 12.8. The molecule has 5 heteroatoms. The molecular weight excluding hydrogens is 310 g/mol. The Hall–Kier alpha value is -1.36. The van der Waals surface area contributed by atoms with Gasteiger partial charge >= 0.3 is 5.97 Å². The molecule has 0 atom stereocenters. The Bertz CT molecular complexity index is 406. The van der Waals surface area contributed by atoms with E-state index in [1.54, 1.807) is 0 Å². The first-order valence-electron chi connectivity index (χ1n) is 6.26. The standard InChI is InChI=1S/C14H18BrNO3/c15-10-6-2-5-9-13(16-18)14(17)19-11-12-7-3-1-4-8-12/h1,3-4,7-8,18H,2,5-6,9-11H2. The Morgan fingerprint density at radius 2 is 1.95 bits per heavy atom. The molecule has 0 bridgehead atoms. The van der Waals surface area contributed by atoms with Crippen LogP contribution < -0.4 is 0 Å².